The zero-order valence-electron chi connectivity index (χ0n) is 16.8. The van der Waals surface area contributed by atoms with Crippen LogP contribution in [0, 0.1) is 13.8 Å². The number of furan rings is 1. The number of pyridine rings is 1. The summed E-state index contributed by atoms with van der Waals surface area (Å²) in [4.78, 5) is 6.11. The molecule has 144 valence electrons. The van der Waals surface area contributed by atoms with Crippen molar-refractivity contribution in [1.82, 2.24) is 4.98 Å². The van der Waals surface area contributed by atoms with Gasteiger partial charge in [-0.05, 0) is 60.5 Å². The highest BCUT2D eigenvalue weighted by atomic mass is 32.1. The van der Waals surface area contributed by atoms with Crippen molar-refractivity contribution >= 4 is 43.2 Å². The summed E-state index contributed by atoms with van der Waals surface area (Å²) in [5.74, 6) is 0.871. The number of nitrogens with zero attached hydrogens (tertiary/aromatic N) is 1. The van der Waals surface area contributed by atoms with Gasteiger partial charge >= 0.3 is 0 Å². The largest absolute Gasteiger partial charge is 0.456 e. The van der Waals surface area contributed by atoms with Crippen molar-refractivity contribution in [2.45, 2.75) is 13.8 Å². The van der Waals surface area contributed by atoms with Crippen molar-refractivity contribution in [2.24, 2.45) is 0 Å². The van der Waals surface area contributed by atoms with E-state index < -0.39 is 0 Å². The van der Waals surface area contributed by atoms with E-state index in [1.165, 1.54) is 36.9 Å². The van der Waals surface area contributed by atoms with Gasteiger partial charge in [0, 0.05) is 37.7 Å². The quantitative estimate of drug-likeness (QED) is 0.290. The summed E-state index contributed by atoms with van der Waals surface area (Å²) in [6.45, 7) is 4.43. The lowest BCUT2D eigenvalue weighted by Gasteiger charge is -2.09. The molecule has 0 aliphatic carbocycles. The summed E-state index contributed by atoms with van der Waals surface area (Å²) in [6.07, 6.45) is 1.88. The van der Waals surface area contributed by atoms with Crippen LogP contribution in [0.4, 0.5) is 0 Å². The molecule has 3 heterocycles. The first kappa shape index (κ1) is 17.4. The van der Waals surface area contributed by atoms with Crippen LogP contribution in [0.2, 0.25) is 0 Å². The monoisotopic (exact) mass is 405 g/mol. The van der Waals surface area contributed by atoms with Crippen LogP contribution >= 0.6 is 11.3 Å². The van der Waals surface area contributed by atoms with Crippen LogP contribution in [0.1, 0.15) is 10.4 Å². The van der Waals surface area contributed by atoms with Crippen LogP contribution in [0.25, 0.3) is 54.4 Å². The van der Waals surface area contributed by atoms with Gasteiger partial charge in [-0.15, -0.1) is 11.3 Å². The Bertz CT molecular complexity index is 1540. The van der Waals surface area contributed by atoms with E-state index in [-0.39, 0.29) is 0 Å². The van der Waals surface area contributed by atoms with Crippen LogP contribution in [-0.4, -0.2) is 4.98 Å². The second-order valence-corrected chi connectivity index (χ2v) is 8.94. The van der Waals surface area contributed by atoms with Crippen molar-refractivity contribution in [3.05, 3.63) is 89.4 Å². The predicted molar refractivity (Wildman–Crippen MR) is 127 cm³/mol. The SMILES string of the molecule is Cc1sc2c(-c3cc(-c4cc5ccccc5o4)ccn3)cc3ccccc3c2c1C. The van der Waals surface area contributed by atoms with Gasteiger partial charge in [-0.1, -0.05) is 42.5 Å². The molecule has 3 aromatic heterocycles. The fraction of sp³-hybridized carbons (Fsp3) is 0.0741. The van der Waals surface area contributed by atoms with Crippen molar-refractivity contribution in [1.29, 1.82) is 0 Å². The second kappa shape index (κ2) is 6.54. The van der Waals surface area contributed by atoms with Crippen molar-refractivity contribution in [3.8, 4) is 22.6 Å². The van der Waals surface area contributed by atoms with Gasteiger partial charge in [-0.25, -0.2) is 0 Å². The Balaban J connectivity index is 1.60. The van der Waals surface area contributed by atoms with E-state index in [4.69, 9.17) is 9.40 Å². The number of hydrogen-bond donors (Lipinski definition) is 0. The fourth-order valence-electron chi connectivity index (χ4n) is 4.26. The summed E-state index contributed by atoms with van der Waals surface area (Å²) in [5.41, 5.74) is 5.47. The molecule has 2 nitrogen and oxygen atoms in total. The Morgan fingerprint density at radius 3 is 2.50 bits per heavy atom. The van der Waals surface area contributed by atoms with E-state index in [9.17, 15) is 0 Å². The maximum Gasteiger partial charge on any atom is 0.135 e. The van der Waals surface area contributed by atoms with Crippen molar-refractivity contribution in [2.75, 3.05) is 0 Å². The molecule has 0 saturated carbocycles. The maximum atomic E-state index is 6.10. The molecule has 0 aliphatic heterocycles. The lowest BCUT2D eigenvalue weighted by molar-refractivity contribution is 0.631. The molecule has 0 spiro atoms. The summed E-state index contributed by atoms with van der Waals surface area (Å²) < 4.78 is 7.40. The standard InChI is InChI=1S/C27H19NOS/c1-16-17(2)30-27-22(13-18-7-3-5-9-21(18)26(16)27)23-14-20(11-12-28-23)25-15-19-8-4-6-10-24(19)29-25/h3-15H,1-2H3. The minimum Gasteiger partial charge on any atom is -0.456 e. The maximum absolute atomic E-state index is 6.10. The molecule has 30 heavy (non-hydrogen) atoms. The summed E-state index contributed by atoms with van der Waals surface area (Å²) in [7, 11) is 0. The Morgan fingerprint density at radius 1 is 0.833 bits per heavy atom. The first-order valence-corrected chi connectivity index (χ1v) is 10.9. The smallest absolute Gasteiger partial charge is 0.135 e. The van der Waals surface area contributed by atoms with Gasteiger partial charge in [0.15, 0.2) is 0 Å². The molecule has 0 amide bonds. The molecular weight excluding hydrogens is 386 g/mol. The van der Waals surface area contributed by atoms with Crippen LogP contribution in [-0.2, 0) is 0 Å². The number of fused-ring (bicyclic) bond motifs is 4. The molecule has 0 aliphatic rings. The molecule has 6 aromatic rings. The second-order valence-electron chi connectivity index (χ2n) is 7.71. The van der Waals surface area contributed by atoms with E-state index in [0.717, 1.165) is 28.0 Å². The number of thiophene rings is 1. The molecule has 0 fully saturated rings. The van der Waals surface area contributed by atoms with Crippen molar-refractivity contribution in [3.63, 3.8) is 0 Å². The lowest BCUT2D eigenvalue weighted by atomic mass is 9.98. The van der Waals surface area contributed by atoms with Gasteiger partial charge in [0.25, 0.3) is 0 Å². The van der Waals surface area contributed by atoms with Crippen molar-refractivity contribution < 1.29 is 4.42 Å². The highest BCUT2D eigenvalue weighted by molar-refractivity contribution is 7.20. The highest BCUT2D eigenvalue weighted by Gasteiger charge is 2.16. The Hall–Kier alpha value is -3.43. The van der Waals surface area contributed by atoms with Gasteiger partial charge < -0.3 is 4.42 Å². The topological polar surface area (TPSA) is 26.0 Å². The average molecular weight is 406 g/mol. The van der Waals surface area contributed by atoms with Crippen LogP contribution < -0.4 is 0 Å². The average Bonchev–Trinajstić information content (AvgIpc) is 3.35. The van der Waals surface area contributed by atoms with E-state index in [0.29, 0.717) is 0 Å². The van der Waals surface area contributed by atoms with E-state index in [1.54, 1.807) is 0 Å². The Morgan fingerprint density at radius 2 is 1.63 bits per heavy atom. The lowest BCUT2D eigenvalue weighted by Crippen LogP contribution is -1.87. The molecule has 0 N–H and O–H groups in total. The molecule has 0 atom stereocenters. The van der Waals surface area contributed by atoms with Gasteiger partial charge in [-0.3, -0.25) is 4.98 Å². The number of aromatic nitrogens is 1. The van der Waals surface area contributed by atoms with E-state index in [1.807, 2.05) is 41.8 Å². The van der Waals surface area contributed by atoms with Gasteiger partial charge in [0.2, 0.25) is 0 Å². The number of aryl methyl sites for hydroxylation is 2. The van der Waals surface area contributed by atoms with Gasteiger partial charge in [-0.2, -0.15) is 0 Å². The third-order valence-electron chi connectivity index (χ3n) is 5.91. The zero-order chi connectivity index (χ0) is 20.2. The zero-order valence-corrected chi connectivity index (χ0v) is 17.6. The highest BCUT2D eigenvalue weighted by Crippen LogP contribution is 2.42. The Kier molecular flexibility index (Phi) is 3.80. The summed E-state index contributed by atoms with van der Waals surface area (Å²) >= 11 is 1.86. The Labute approximate surface area is 178 Å². The normalized spacial score (nSPS) is 11.7. The van der Waals surface area contributed by atoms with Gasteiger partial charge in [0.05, 0.1) is 5.69 Å². The van der Waals surface area contributed by atoms with Crippen LogP contribution in [0.15, 0.2) is 83.4 Å². The number of hydrogen-bond acceptors (Lipinski definition) is 3. The molecule has 6 rings (SSSR count). The third kappa shape index (κ3) is 2.59. The minimum atomic E-state index is 0.871. The molecule has 3 heteroatoms. The molecule has 0 unspecified atom stereocenters. The predicted octanol–water partition coefficient (Wildman–Crippen LogP) is 8.15. The van der Waals surface area contributed by atoms with Crippen LogP contribution in [0.3, 0.4) is 0 Å². The van der Waals surface area contributed by atoms with Crippen LogP contribution in [0.5, 0.6) is 0 Å². The molecular formula is C27H19NOS. The fourth-order valence-corrected chi connectivity index (χ4v) is 5.46. The summed E-state index contributed by atoms with van der Waals surface area (Å²) in [5, 5.41) is 5.02. The number of benzene rings is 3. The molecule has 0 radical (unpaired) electrons. The van der Waals surface area contributed by atoms with E-state index >= 15 is 0 Å². The third-order valence-corrected chi connectivity index (χ3v) is 7.15. The van der Waals surface area contributed by atoms with Gasteiger partial charge in [0.1, 0.15) is 11.3 Å². The first-order chi connectivity index (χ1) is 14.7. The summed E-state index contributed by atoms with van der Waals surface area (Å²) in [6, 6.07) is 25.3. The number of para-hydroxylation sites is 1. The minimum absolute atomic E-state index is 0.871. The molecule has 3 aromatic carbocycles. The molecule has 0 saturated heterocycles. The number of rotatable bonds is 2. The first-order valence-electron chi connectivity index (χ1n) is 10.1. The molecule has 0 bridgehead atoms. The van der Waals surface area contributed by atoms with E-state index in [2.05, 4.69) is 62.4 Å².